The van der Waals surface area contributed by atoms with E-state index >= 15 is 0 Å². The quantitative estimate of drug-likeness (QED) is 0.872. The van der Waals surface area contributed by atoms with Crippen molar-refractivity contribution in [3.8, 4) is 0 Å². The molecule has 17 heavy (non-hydrogen) atoms. The second-order valence-electron chi connectivity index (χ2n) is 4.59. The lowest BCUT2D eigenvalue weighted by Gasteiger charge is -2.14. The number of aliphatic hydroxyl groups excluding tert-OH is 1. The molecular formula is C13H15N3O. The van der Waals surface area contributed by atoms with Crippen molar-refractivity contribution in [3.63, 3.8) is 0 Å². The fourth-order valence-corrected chi connectivity index (χ4v) is 2.23. The molecule has 1 atom stereocenters. The molecule has 3 rings (SSSR count). The Kier molecular flexibility index (Phi) is 2.44. The van der Waals surface area contributed by atoms with Crippen LogP contribution in [0.5, 0.6) is 0 Å². The van der Waals surface area contributed by atoms with Crippen molar-refractivity contribution in [2.45, 2.75) is 24.9 Å². The molecule has 1 aliphatic rings. The van der Waals surface area contributed by atoms with Gasteiger partial charge in [-0.05, 0) is 29.9 Å². The Hall–Kier alpha value is -1.68. The third-order valence-electron chi connectivity index (χ3n) is 3.34. The first-order chi connectivity index (χ1) is 8.27. The standard InChI is InChI=1S/C13H15N3O/c1-16-12(8-14-15-16)13(17)11-5-3-2-4-10(11)9-6-7-9/h2-5,8-9,13,17H,6-7H2,1H3. The van der Waals surface area contributed by atoms with Crippen molar-refractivity contribution in [1.29, 1.82) is 0 Å². The highest BCUT2D eigenvalue weighted by Gasteiger charge is 2.28. The lowest BCUT2D eigenvalue weighted by molar-refractivity contribution is 0.208. The van der Waals surface area contributed by atoms with Crippen LogP contribution in [0.2, 0.25) is 0 Å². The molecular weight excluding hydrogens is 214 g/mol. The van der Waals surface area contributed by atoms with Crippen LogP contribution < -0.4 is 0 Å². The lowest BCUT2D eigenvalue weighted by Crippen LogP contribution is -2.08. The molecule has 1 unspecified atom stereocenters. The van der Waals surface area contributed by atoms with Crippen LogP contribution >= 0.6 is 0 Å². The van der Waals surface area contributed by atoms with Gasteiger partial charge in [-0.25, -0.2) is 4.68 Å². The normalized spacial score (nSPS) is 17.1. The predicted molar refractivity (Wildman–Crippen MR) is 63.5 cm³/mol. The summed E-state index contributed by atoms with van der Waals surface area (Å²) in [7, 11) is 1.80. The summed E-state index contributed by atoms with van der Waals surface area (Å²) in [5.74, 6) is 0.627. The highest BCUT2D eigenvalue weighted by Crippen LogP contribution is 2.43. The second-order valence-corrected chi connectivity index (χ2v) is 4.59. The smallest absolute Gasteiger partial charge is 0.123 e. The fraction of sp³-hybridized carbons (Fsp3) is 0.385. The lowest BCUT2D eigenvalue weighted by atomic mass is 9.97. The molecule has 88 valence electrons. The van der Waals surface area contributed by atoms with E-state index in [0.717, 1.165) is 11.3 Å². The van der Waals surface area contributed by atoms with Crippen molar-refractivity contribution in [2.24, 2.45) is 7.05 Å². The summed E-state index contributed by atoms with van der Waals surface area (Å²) in [6.07, 6.45) is 3.45. The minimum atomic E-state index is -0.633. The Bertz CT molecular complexity index is 531. The first kappa shape index (κ1) is 10.5. The third kappa shape index (κ3) is 1.85. The maximum absolute atomic E-state index is 10.4. The van der Waals surface area contributed by atoms with E-state index in [4.69, 9.17) is 0 Å². The summed E-state index contributed by atoms with van der Waals surface area (Å²) in [5.41, 5.74) is 2.99. The van der Waals surface area contributed by atoms with Crippen LogP contribution in [-0.4, -0.2) is 20.1 Å². The van der Waals surface area contributed by atoms with E-state index in [0.29, 0.717) is 5.92 Å². The van der Waals surface area contributed by atoms with Crippen LogP contribution in [0.4, 0.5) is 0 Å². The van der Waals surface area contributed by atoms with Crippen molar-refractivity contribution >= 4 is 0 Å². The Balaban J connectivity index is 2.01. The van der Waals surface area contributed by atoms with Gasteiger partial charge in [0.2, 0.25) is 0 Å². The molecule has 0 bridgehead atoms. The van der Waals surface area contributed by atoms with Crippen LogP contribution in [0.15, 0.2) is 30.5 Å². The number of benzene rings is 1. The Labute approximate surface area is 99.9 Å². The summed E-state index contributed by atoms with van der Waals surface area (Å²) >= 11 is 0. The Morgan fingerprint density at radius 3 is 2.76 bits per heavy atom. The van der Waals surface area contributed by atoms with Gasteiger partial charge in [0.15, 0.2) is 0 Å². The zero-order chi connectivity index (χ0) is 11.8. The average Bonchev–Trinajstić information content (AvgIpc) is 3.11. The van der Waals surface area contributed by atoms with E-state index in [1.165, 1.54) is 18.4 Å². The van der Waals surface area contributed by atoms with E-state index < -0.39 is 6.10 Å². The fourth-order valence-electron chi connectivity index (χ4n) is 2.23. The van der Waals surface area contributed by atoms with Gasteiger partial charge >= 0.3 is 0 Å². The van der Waals surface area contributed by atoms with Gasteiger partial charge in [0.05, 0.1) is 11.9 Å². The van der Waals surface area contributed by atoms with E-state index in [2.05, 4.69) is 16.4 Å². The number of hydrogen-bond acceptors (Lipinski definition) is 3. The molecule has 2 aromatic rings. The highest BCUT2D eigenvalue weighted by atomic mass is 16.3. The second kappa shape index (κ2) is 3.96. The Morgan fingerprint density at radius 1 is 1.35 bits per heavy atom. The van der Waals surface area contributed by atoms with Crippen LogP contribution in [0, 0.1) is 0 Å². The molecule has 0 aliphatic heterocycles. The SMILES string of the molecule is Cn1nncc1C(O)c1ccccc1C1CC1. The molecule has 4 heteroatoms. The van der Waals surface area contributed by atoms with Crippen molar-refractivity contribution in [3.05, 3.63) is 47.3 Å². The van der Waals surface area contributed by atoms with Gasteiger partial charge in [-0.3, -0.25) is 0 Å². The van der Waals surface area contributed by atoms with E-state index in [9.17, 15) is 5.11 Å². The molecule has 1 saturated carbocycles. The molecule has 1 heterocycles. The summed E-state index contributed by atoms with van der Waals surface area (Å²) in [6.45, 7) is 0. The van der Waals surface area contributed by atoms with Crippen molar-refractivity contribution in [1.82, 2.24) is 15.0 Å². The summed E-state index contributed by atoms with van der Waals surface area (Å²) in [4.78, 5) is 0. The molecule has 1 aliphatic carbocycles. The molecule has 1 fully saturated rings. The maximum atomic E-state index is 10.4. The number of hydrogen-bond donors (Lipinski definition) is 1. The van der Waals surface area contributed by atoms with E-state index in [1.54, 1.807) is 17.9 Å². The molecule has 0 spiro atoms. The molecule has 0 radical (unpaired) electrons. The number of rotatable bonds is 3. The van der Waals surface area contributed by atoms with Crippen molar-refractivity contribution in [2.75, 3.05) is 0 Å². The number of aromatic nitrogens is 3. The molecule has 1 aromatic carbocycles. The van der Waals surface area contributed by atoms with Gasteiger partial charge in [0, 0.05) is 7.05 Å². The number of nitrogens with zero attached hydrogens (tertiary/aromatic N) is 3. The zero-order valence-electron chi connectivity index (χ0n) is 9.74. The topological polar surface area (TPSA) is 50.9 Å². The summed E-state index contributed by atoms with van der Waals surface area (Å²) < 4.78 is 1.62. The van der Waals surface area contributed by atoms with Crippen LogP contribution in [0.25, 0.3) is 0 Å². The van der Waals surface area contributed by atoms with Gasteiger partial charge in [-0.1, -0.05) is 29.5 Å². The van der Waals surface area contributed by atoms with Gasteiger partial charge in [-0.2, -0.15) is 0 Å². The summed E-state index contributed by atoms with van der Waals surface area (Å²) in [5, 5.41) is 18.1. The number of aryl methyl sites for hydroxylation is 1. The molecule has 1 aromatic heterocycles. The highest BCUT2D eigenvalue weighted by molar-refractivity contribution is 5.37. The molecule has 0 amide bonds. The first-order valence-corrected chi connectivity index (χ1v) is 5.89. The average molecular weight is 229 g/mol. The predicted octanol–water partition coefficient (Wildman–Crippen LogP) is 1.77. The largest absolute Gasteiger partial charge is 0.382 e. The van der Waals surface area contributed by atoms with Crippen LogP contribution in [-0.2, 0) is 7.05 Å². The van der Waals surface area contributed by atoms with Crippen molar-refractivity contribution < 1.29 is 5.11 Å². The first-order valence-electron chi connectivity index (χ1n) is 5.89. The maximum Gasteiger partial charge on any atom is 0.123 e. The van der Waals surface area contributed by atoms with Crippen LogP contribution in [0.1, 0.15) is 41.7 Å². The monoisotopic (exact) mass is 229 g/mol. The summed E-state index contributed by atoms with van der Waals surface area (Å²) in [6, 6.07) is 8.10. The van der Waals surface area contributed by atoms with Gasteiger partial charge in [-0.15, -0.1) is 5.10 Å². The zero-order valence-corrected chi connectivity index (χ0v) is 9.74. The van der Waals surface area contributed by atoms with Gasteiger partial charge < -0.3 is 5.11 Å². The van der Waals surface area contributed by atoms with E-state index in [-0.39, 0.29) is 0 Å². The molecule has 4 nitrogen and oxygen atoms in total. The van der Waals surface area contributed by atoms with E-state index in [1.807, 2.05) is 18.2 Å². The third-order valence-corrected chi connectivity index (χ3v) is 3.34. The molecule has 0 saturated heterocycles. The van der Waals surface area contributed by atoms with Gasteiger partial charge in [0.25, 0.3) is 0 Å². The van der Waals surface area contributed by atoms with Gasteiger partial charge in [0.1, 0.15) is 6.10 Å². The minimum Gasteiger partial charge on any atom is -0.382 e. The minimum absolute atomic E-state index is 0.627. The van der Waals surface area contributed by atoms with Crippen LogP contribution in [0.3, 0.4) is 0 Å². The number of aliphatic hydroxyl groups is 1. The molecule has 1 N–H and O–H groups in total. The Morgan fingerprint density at radius 2 is 2.12 bits per heavy atom.